The van der Waals surface area contributed by atoms with Crippen molar-refractivity contribution in [1.82, 2.24) is 9.47 Å². The zero-order valence-corrected chi connectivity index (χ0v) is 15.8. The van der Waals surface area contributed by atoms with Gasteiger partial charge in [0.25, 0.3) is 0 Å². The second-order valence-corrected chi connectivity index (χ2v) is 8.25. The van der Waals surface area contributed by atoms with E-state index in [0.29, 0.717) is 17.7 Å². The Morgan fingerprint density at radius 3 is 2.42 bits per heavy atom. The molecule has 3 rings (SSSR count). The van der Waals surface area contributed by atoms with Crippen molar-refractivity contribution in [3.8, 4) is 5.75 Å². The lowest BCUT2D eigenvalue weighted by atomic mass is 10.2. The Kier molecular flexibility index (Phi) is 5.02. The van der Waals surface area contributed by atoms with Crippen molar-refractivity contribution in [2.75, 3.05) is 27.7 Å². The number of nitrogens with zero attached hydrogens (tertiary/aromatic N) is 2. The number of rotatable bonds is 6. The van der Waals surface area contributed by atoms with E-state index in [-0.39, 0.29) is 9.79 Å². The first-order valence-electron chi connectivity index (χ1n) is 8.15. The molecule has 0 spiro atoms. The highest BCUT2D eigenvalue weighted by Crippen LogP contribution is 2.32. The molecule has 0 amide bonds. The van der Waals surface area contributed by atoms with Gasteiger partial charge in [0, 0.05) is 30.2 Å². The number of hydrogen-bond acceptors (Lipinski definition) is 4. The average Bonchev–Trinajstić information content (AvgIpc) is 2.99. The molecule has 0 unspecified atom stereocenters. The van der Waals surface area contributed by atoms with E-state index in [4.69, 9.17) is 4.74 Å². The van der Waals surface area contributed by atoms with E-state index in [1.807, 2.05) is 35.7 Å². The van der Waals surface area contributed by atoms with Crippen LogP contribution in [0.3, 0.4) is 0 Å². The van der Waals surface area contributed by atoms with Crippen LogP contribution in [0.2, 0.25) is 0 Å². The first kappa shape index (κ1) is 18.4. The quantitative estimate of drug-likeness (QED) is 0.620. The lowest BCUT2D eigenvalue weighted by Gasteiger charge is -2.11. The molecule has 1 heterocycles. The van der Waals surface area contributed by atoms with Gasteiger partial charge in [-0.15, -0.1) is 0 Å². The van der Waals surface area contributed by atoms with Gasteiger partial charge in [0.05, 0.1) is 16.9 Å². The Morgan fingerprint density at radius 1 is 1.12 bits per heavy atom. The first-order valence-corrected chi connectivity index (χ1v) is 9.63. The minimum absolute atomic E-state index is 0.0633. The van der Waals surface area contributed by atoms with Gasteiger partial charge in [-0.05, 0) is 56.6 Å². The summed E-state index contributed by atoms with van der Waals surface area (Å²) >= 11 is 0. The van der Waals surface area contributed by atoms with Gasteiger partial charge in [0.1, 0.15) is 11.6 Å². The maximum Gasteiger partial charge on any atom is 0.208 e. The monoisotopic (exact) mass is 376 g/mol. The summed E-state index contributed by atoms with van der Waals surface area (Å²) in [5.74, 6) is 0.109. The van der Waals surface area contributed by atoms with Crippen LogP contribution < -0.4 is 4.74 Å². The molecule has 0 atom stereocenters. The van der Waals surface area contributed by atoms with Crippen LogP contribution in [-0.4, -0.2) is 45.6 Å². The Balaban J connectivity index is 2.18. The number of halogens is 1. The number of ether oxygens (including phenoxy) is 1. The third kappa shape index (κ3) is 3.45. The molecule has 0 radical (unpaired) electrons. The highest BCUT2D eigenvalue weighted by Gasteiger charge is 2.24. The minimum atomic E-state index is -3.78. The van der Waals surface area contributed by atoms with Crippen LogP contribution in [0.5, 0.6) is 5.75 Å². The van der Waals surface area contributed by atoms with Crippen molar-refractivity contribution in [2.24, 2.45) is 0 Å². The second-order valence-electron chi connectivity index (χ2n) is 6.33. The maximum absolute atomic E-state index is 13.2. The lowest BCUT2D eigenvalue weighted by molar-refractivity contribution is 0.386. The largest absolute Gasteiger partial charge is 0.497 e. The summed E-state index contributed by atoms with van der Waals surface area (Å²) in [5, 5.41) is 0.590. The molecule has 7 heteroatoms. The summed E-state index contributed by atoms with van der Waals surface area (Å²) < 4.78 is 46.6. The Bertz CT molecular complexity index is 1020. The zero-order valence-electron chi connectivity index (χ0n) is 14.9. The lowest BCUT2D eigenvalue weighted by Crippen LogP contribution is -2.18. The number of benzene rings is 2. The molecule has 3 aromatic rings. The fourth-order valence-electron chi connectivity index (χ4n) is 2.82. The molecule has 0 aliphatic heterocycles. The highest BCUT2D eigenvalue weighted by atomic mass is 32.2. The Morgan fingerprint density at radius 2 is 1.81 bits per heavy atom. The van der Waals surface area contributed by atoms with E-state index >= 15 is 0 Å². The summed E-state index contributed by atoms with van der Waals surface area (Å²) in [7, 11) is 1.68. The molecule has 0 saturated heterocycles. The molecule has 26 heavy (non-hydrogen) atoms. The smallest absolute Gasteiger partial charge is 0.208 e. The topological polar surface area (TPSA) is 51.5 Å². The van der Waals surface area contributed by atoms with Crippen LogP contribution in [-0.2, 0) is 16.4 Å². The molecule has 138 valence electrons. The maximum atomic E-state index is 13.2. The van der Waals surface area contributed by atoms with Crippen LogP contribution in [0.4, 0.5) is 4.39 Å². The summed E-state index contributed by atoms with van der Waals surface area (Å²) in [6, 6.07) is 10.3. The number of sulfone groups is 1. The number of hydrogen-bond donors (Lipinski definition) is 0. The van der Waals surface area contributed by atoms with Crippen LogP contribution in [0.25, 0.3) is 10.9 Å². The van der Waals surface area contributed by atoms with Crippen molar-refractivity contribution < 1.29 is 17.5 Å². The van der Waals surface area contributed by atoms with Crippen molar-refractivity contribution in [3.63, 3.8) is 0 Å². The van der Waals surface area contributed by atoms with Crippen molar-refractivity contribution in [2.45, 2.75) is 16.3 Å². The predicted octanol–water partition coefficient (Wildman–Crippen LogP) is 3.18. The summed E-state index contributed by atoms with van der Waals surface area (Å²) in [5.41, 5.74) is 0.813. The summed E-state index contributed by atoms with van der Waals surface area (Å²) in [4.78, 5) is 2.29. The molecule has 0 fully saturated rings. The molecule has 0 saturated carbocycles. The van der Waals surface area contributed by atoms with Gasteiger partial charge in [-0.3, -0.25) is 0 Å². The predicted molar refractivity (Wildman–Crippen MR) is 98.9 cm³/mol. The second kappa shape index (κ2) is 7.09. The standard InChI is InChI=1S/C19H21FN2O3S/c1-21(2)10-11-22-13-19(17-12-15(25-3)6-9-18(17)22)26(23,24)16-7-4-14(20)5-8-16/h4-9,12-13H,10-11H2,1-3H3. The van der Waals surface area contributed by atoms with Crippen LogP contribution in [0, 0.1) is 5.82 Å². The SMILES string of the molecule is COc1ccc2c(c1)c(S(=O)(=O)c1ccc(F)cc1)cn2CCN(C)C. The minimum Gasteiger partial charge on any atom is -0.497 e. The van der Waals surface area contributed by atoms with E-state index in [2.05, 4.69) is 0 Å². The van der Waals surface area contributed by atoms with E-state index in [1.54, 1.807) is 19.4 Å². The van der Waals surface area contributed by atoms with Crippen molar-refractivity contribution >= 4 is 20.7 Å². The van der Waals surface area contributed by atoms with E-state index in [0.717, 1.165) is 24.2 Å². The number of methoxy groups -OCH3 is 1. The Labute approximate surface area is 152 Å². The summed E-state index contributed by atoms with van der Waals surface area (Å²) in [6.07, 6.45) is 1.65. The third-order valence-corrected chi connectivity index (χ3v) is 6.05. The number of likely N-dealkylation sites (N-methyl/N-ethyl adjacent to an activating group) is 1. The molecule has 0 aliphatic rings. The van der Waals surface area contributed by atoms with E-state index in [1.165, 1.54) is 12.1 Å². The third-order valence-electron chi connectivity index (χ3n) is 4.25. The fourth-order valence-corrected chi connectivity index (χ4v) is 4.29. The van der Waals surface area contributed by atoms with Gasteiger partial charge < -0.3 is 14.2 Å². The van der Waals surface area contributed by atoms with Gasteiger partial charge >= 0.3 is 0 Å². The van der Waals surface area contributed by atoms with E-state index in [9.17, 15) is 12.8 Å². The van der Waals surface area contributed by atoms with Gasteiger partial charge in [-0.1, -0.05) is 0 Å². The zero-order chi connectivity index (χ0) is 18.9. The normalized spacial score (nSPS) is 12.0. The van der Waals surface area contributed by atoms with Crippen molar-refractivity contribution in [3.05, 3.63) is 54.5 Å². The molecule has 2 aromatic carbocycles. The number of aromatic nitrogens is 1. The molecular formula is C19H21FN2O3S. The van der Waals surface area contributed by atoms with Crippen LogP contribution in [0.15, 0.2) is 58.5 Å². The van der Waals surface area contributed by atoms with Crippen molar-refractivity contribution in [1.29, 1.82) is 0 Å². The fraction of sp³-hybridized carbons (Fsp3) is 0.263. The molecule has 0 bridgehead atoms. The Hall–Kier alpha value is -2.38. The molecular weight excluding hydrogens is 355 g/mol. The van der Waals surface area contributed by atoms with E-state index < -0.39 is 15.7 Å². The molecule has 0 N–H and O–H groups in total. The molecule has 0 aliphatic carbocycles. The van der Waals surface area contributed by atoms with Gasteiger partial charge in [0.15, 0.2) is 0 Å². The van der Waals surface area contributed by atoms with Gasteiger partial charge in [0.2, 0.25) is 9.84 Å². The summed E-state index contributed by atoms with van der Waals surface area (Å²) in [6.45, 7) is 1.42. The van der Waals surface area contributed by atoms with Crippen LogP contribution >= 0.6 is 0 Å². The first-order chi connectivity index (χ1) is 12.3. The average molecular weight is 376 g/mol. The number of fused-ring (bicyclic) bond motifs is 1. The molecule has 1 aromatic heterocycles. The highest BCUT2D eigenvalue weighted by molar-refractivity contribution is 7.91. The van der Waals surface area contributed by atoms with Gasteiger partial charge in [-0.2, -0.15) is 0 Å². The van der Waals surface area contributed by atoms with Gasteiger partial charge in [-0.25, -0.2) is 12.8 Å². The van der Waals surface area contributed by atoms with Crippen LogP contribution in [0.1, 0.15) is 0 Å². The molecule has 5 nitrogen and oxygen atoms in total.